The van der Waals surface area contributed by atoms with Gasteiger partial charge in [0.25, 0.3) is 5.91 Å². The molecule has 0 spiro atoms. The van der Waals surface area contributed by atoms with Crippen LogP contribution >= 0.6 is 0 Å². The van der Waals surface area contributed by atoms with E-state index in [4.69, 9.17) is 0 Å². The summed E-state index contributed by atoms with van der Waals surface area (Å²) in [4.78, 5) is 36.2. The molecule has 3 aromatic rings. The van der Waals surface area contributed by atoms with Crippen LogP contribution in [0.2, 0.25) is 0 Å². The number of nitrogens with one attached hydrogen (secondary N) is 1. The number of hydrogen-bond acceptors (Lipinski definition) is 5. The predicted molar refractivity (Wildman–Crippen MR) is 83.6 cm³/mol. The van der Waals surface area contributed by atoms with Crippen molar-refractivity contribution in [2.24, 2.45) is 0 Å². The second-order valence-corrected chi connectivity index (χ2v) is 5.18. The molecule has 1 unspecified atom stereocenters. The van der Waals surface area contributed by atoms with Gasteiger partial charge in [0.1, 0.15) is 11.8 Å². The van der Waals surface area contributed by atoms with E-state index in [-0.39, 0.29) is 18.4 Å². The van der Waals surface area contributed by atoms with Gasteiger partial charge in [0, 0.05) is 18.0 Å². The first-order valence-corrected chi connectivity index (χ1v) is 7.17. The quantitative estimate of drug-likeness (QED) is 0.792. The molecule has 0 saturated heterocycles. The fourth-order valence-electron chi connectivity index (χ4n) is 2.33. The number of hydrogen-bond donors (Lipinski definition) is 1. The summed E-state index contributed by atoms with van der Waals surface area (Å²) in [6, 6.07) is 8.46. The number of amides is 2. The smallest absolute Gasteiger partial charge is 0.257 e. The molecule has 0 aliphatic carbocycles. The molecule has 7 nitrogen and oxygen atoms in total. The number of nitrogens with zero attached hydrogens (tertiary/aromatic N) is 4. The number of carbonyl (C=O) groups excluding carboxylic acids is 2. The van der Waals surface area contributed by atoms with E-state index >= 15 is 0 Å². The Bertz CT molecular complexity index is 844. The Hall–Kier alpha value is -3.09. The summed E-state index contributed by atoms with van der Waals surface area (Å²) in [6.07, 6.45) is 4.85. The number of rotatable bonds is 4. The van der Waals surface area contributed by atoms with Crippen LogP contribution in [0.15, 0.2) is 49.2 Å². The van der Waals surface area contributed by atoms with Crippen LogP contribution in [-0.2, 0) is 4.79 Å². The average Bonchev–Trinajstić information content (AvgIpc) is 2.99. The molecule has 3 rings (SSSR count). The van der Waals surface area contributed by atoms with Crippen molar-refractivity contribution in [3.05, 3.63) is 54.7 Å². The molecule has 1 N–H and O–H groups in total. The molecule has 7 heteroatoms. The number of carbonyl (C=O) groups is 2. The molecule has 116 valence electrons. The minimum absolute atomic E-state index is 0.152. The summed E-state index contributed by atoms with van der Waals surface area (Å²) < 4.78 is 1.82. The lowest BCUT2D eigenvalue weighted by Crippen LogP contribution is -2.31. The van der Waals surface area contributed by atoms with Gasteiger partial charge in [-0.1, -0.05) is 18.2 Å². The van der Waals surface area contributed by atoms with Crippen molar-refractivity contribution >= 4 is 23.0 Å². The van der Waals surface area contributed by atoms with Gasteiger partial charge in [0.15, 0.2) is 5.65 Å². The van der Waals surface area contributed by atoms with Crippen molar-refractivity contribution in [1.82, 2.24) is 24.8 Å². The van der Waals surface area contributed by atoms with E-state index in [0.29, 0.717) is 11.2 Å². The van der Waals surface area contributed by atoms with Gasteiger partial charge in [0.05, 0.1) is 12.5 Å². The summed E-state index contributed by atoms with van der Waals surface area (Å²) in [7, 11) is 0. The molecule has 1 atom stereocenters. The Morgan fingerprint density at radius 1 is 1.22 bits per heavy atom. The van der Waals surface area contributed by atoms with E-state index in [1.54, 1.807) is 36.8 Å². The first kappa shape index (κ1) is 14.8. The van der Waals surface area contributed by atoms with Crippen molar-refractivity contribution < 1.29 is 9.59 Å². The van der Waals surface area contributed by atoms with Gasteiger partial charge in [-0.25, -0.2) is 15.0 Å². The van der Waals surface area contributed by atoms with E-state index in [1.807, 2.05) is 17.6 Å². The van der Waals surface area contributed by atoms with Crippen LogP contribution < -0.4 is 5.32 Å². The Morgan fingerprint density at radius 3 is 2.78 bits per heavy atom. The molecule has 0 aliphatic rings. The zero-order valence-electron chi connectivity index (χ0n) is 12.5. The Morgan fingerprint density at radius 2 is 2.00 bits per heavy atom. The molecule has 2 aromatic heterocycles. The maximum Gasteiger partial charge on any atom is 0.257 e. The highest BCUT2D eigenvalue weighted by Gasteiger charge is 2.16. The number of imidazole rings is 1. The first-order chi connectivity index (χ1) is 11.1. The number of imide groups is 1. The van der Waals surface area contributed by atoms with Gasteiger partial charge in [-0.15, -0.1) is 0 Å². The minimum atomic E-state index is -0.401. The zero-order chi connectivity index (χ0) is 16.2. The van der Waals surface area contributed by atoms with Crippen LogP contribution in [0.4, 0.5) is 0 Å². The van der Waals surface area contributed by atoms with E-state index in [9.17, 15) is 9.59 Å². The minimum Gasteiger partial charge on any atom is -0.325 e. The molecule has 0 aliphatic heterocycles. The van der Waals surface area contributed by atoms with Crippen LogP contribution in [-0.4, -0.2) is 31.3 Å². The van der Waals surface area contributed by atoms with Crippen LogP contribution in [0.1, 0.15) is 29.7 Å². The normalized spacial score (nSPS) is 12.0. The summed E-state index contributed by atoms with van der Waals surface area (Å²) in [5.41, 5.74) is 1.78. The maximum atomic E-state index is 12.1. The van der Waals surface area contributed by atoms with Crippen molar-refractivity contribution in [1.29, 1.82) is 0 Å². The van der Waals surface area contributed by atoms with E-state index in [2.05, 4.69) is 20.3 Å². The van der Waals surface area contributed by atoms with E-state index in [0.717, 1.165) is 5.52 Å². The fourth-order valence-corrected chi connectivity index (χ4v) is 2.33. The van der Waals surface area contributed by atoms with Gasteiger partial charge in [-0.3, -0.25) is 14.9 Å². The third kappa shape index (κ3) is 3.23. The molecule has 1 aromatic carbocycles. The fraction of sp³-hybridized carbons (Fsp3) is 0.188. The maximum absolute atomic E-state index is 12.1. The Kier molecular flexibility index (Phi) is 4.09. The predicted octanol–water partition coefficient (Wildman–Crippen LogP) is 1.73. The topological polar surface area (TPSA) is 89.8 Å². The molecular weight excluding hydrogens is 294 g/mol. The second-order valence-electron chi connectivity index (χ2n) is 5.18. The number of fused-ring (bicyclic) bond motifs is 1. The lowest BCUT2D eigenvalue weighted by atomic mass is 10.2. The lowest BCUT2D eigenvalue weighted by Gasteiger charge is -2.13. The van der Waals surface area contributed by atoms with Gasteiger partial charge in [-0.05, 0) is 19.1 Å². The molecule has 0 saturated carbocycles. The van der Waals surface area contributed by atoms with Crippen molar-refractivity contribution in [3.63, 3.8) is 0 Å². The number of aromatic nitrogens is 4. The molecule has 2 amide bonds. The Labute approximate surface area is 132 Å². The highest BCUT2D eigenvalue weighted by molar-refractivity contribution is 6.04. The van der Waals surface area contributed by atoms with Crippen molar-refractivity contribution in [2.75, 3.05) is 0 Å². The monoisotopic (exact) mass is 309 g/mol. The molecule has 0 radical (unpaired) electrons. The second kappa shape index (κ2) is 6.35. The first-order valence-electron chi connectivity index (χ1n) is 7.17. The van der Waals surface area contributed by atoms with Gasteiger partial charge < -0.3 is 4.57 Å². The molecule has 23 heavy (non-hydrogen) atoms. The third-order valence-corrected chi connectivity index (χ3v) is 3.50. The van der Waals surface area contributed by atoms with Crippen molar-refractivity contribution in [2.45, 2.75) is 19.4 Å². The third-order valence-electron chi connectivity index (χ3n) is 3.50. The van der Waals surface area contributed by atoms with Gasteiger partial charge in [-0.2, -0.15) is 0 Å². The Balaban J connectivity index is 1.67. The SMILES string of the molecule is CC(CC(=O)NC(=O)c1ccccc1)n1cnc2ncncc21. The molecule has 0 fully saturated rings. The molecule has 2 heterocycles. The zero-order valence-corrected chi connectivity index (χ0v) is 12.5. The molecule has 0 bridgehead atoms. The van der Waals surface area contributed by atoms with E-state index in [1.165, 1.54) is 6.33 Å². The van der Waals surface area contributed by atoms with Crippen LogP contribution in [0, 0.1) is 0 Å². The summed E-state index contributed by atoms with van der Waals surface area (Å²) in [6.45, 7) is 1.88. The molecular formula is C16H15N5O2. The van der Waals surface area contributed by atoms with Crippen molar-refractivity contribution in [3.8, 4) is 0 Å². The highest BCUT2D eigenvalue weighted by atomic mass is 16.2. The lowest BCUT2D eigenvalue weighted by molar-refractivity contribution is -0.120. The average molecular weight is 309 g/mol. The summed E-state index contributed by atoms with van der Waals surface area (Å²) in [5, 5.41) is 2.39. The highest BCUT2D eigenvalue weighted by Crippen LogP contribution is 2.17. The van der Waals surface area contributed by atoms with Gasteiger partial charge >= 0.3 is 0 Å². The van der Waals surface area contributed by atoms with E-state index < -0.39 is 5.91 Å². The summed E-state index contributed by atoms with van der Waals surface area (Å²) in [5.74, 6) is -0.744. The van der Waals surface area contributed by atoms with Gasteiger partial charge in [0.2, 0.25) is 5.91 Å². The summed E-state index contributed by atoms with van der Waals surface area (Å²) >= 11 is 0. The standard InChI is InChI=1S/C16H15N5O2/c1-11(21-10-19-15-13(21)8-17-9-18-15)7-14(22)20-16(23)12-5-3-2-4-6-12/h2-6,8-11H,7H2,1H3,(H,20,22,23). The largest absolute Gasteiger partial charge is 0.325 e. The van der Waals surface area contributed by atoms with Crippen LogP contribution in [0.5, 0.6) is 0 Å². The van der Waals surface area contributed by atoms with Crippen LogP contribution in [0.25, 0.3) is 11.2 Å². The number of benzene rings is 1. The van der Waals surface area contributed by atoms with Crippen LogP contribution in [0.3, 0.4) is 0 Å².